The lowest BCUT2D eigenvalue weighted by Crippen LogP contribution is -1.93. The van der Waals surface area contributed by atoms with Gasteiger partial charge in [0.05, 0.1) is 4.91 Å². The van der Waals surface area contributed by atoms with Crippen LogP contribution in [0.2, 0.25) is 0 Å². The van der Waals surface area contributed by atoms with Crippen LogP contribution >= 0.6 is 12.6 Å². The maximum atomic E-state index is 10.00. The fraction of sp³-hybridized carbons (Fsp3) is 0.250. The number of hydrogen-bond acceptors (Lipinski definition) is 4. The number of aliphatic imine (C=N–C) groups is 1. The van der Waals surface area contributed by atoms with Crippen LogP contribution in [0.25, 0.3) is 0 Å². The summed E-state index contributed by atoms with van der Waals surface area (Å²) in [5.74, 6) is -0.127. The molecule has 0 aromatic heterocycles. The van der Waals surface area contributed by atoms with Gasteiger partial charge < -0.3 is 10.1 Å². The Morgan fingerprint density at radius 3 is 2.78 bits per heavy atom. The van der Waals surface area contributed by atoms with Gasteiger partial charge in [-0.05, 0) is 9.92 Å². The van der Waals surface area contributed by atoms with E-state index in [1.54, 1.807) is 0 Å². The van der Waals surface area contributed by atoms with Gasteiger partial charge in [-0.3, -0.25) is 0 Å². The third-order valence-electron chi connectivity index (χ3n) is 0.929. The second kappa shape index (κ2) is 2.18. The molecule has 0 spiro atoms. The van der Waals surface area contributed by atoms with Crippen LogP contribution in [0.5, 0.6) is 0 Å². The van der Waals surface area contributed by atoms with Crippen molar-refractivity contribution in [1.29, 1.82) is 0 Å². The maximum Gasteiger partial charge on any atom is 0.372 e. The molecular formula is C4H4N2O2S. The van der Waals surface area contributed by atoms with Crippen molar-refractivity contribution in [3.05, 3.63) is 20.8 Å². The second-order valence-electron chi connectivity index (χ2n) is 1.54. The van der Waals surface area contributed by atoms with Crippen LogP contribution in [-0.4, -0.2) is 11.1 Å². The Balaban J connectivity index is 2.89. The van der Waals surface area contributed by atoms with Gasteiger partial charge in [-0.1, -0.05) is 0 Å². The minimum Gasteiger partial charge on any atom is -0.358 e. The van der Waals surface area contributed by atoms with Gasteiger partial charge in [-0.15, -0.1) is 12.6 Å². The van der Waals surface area contributed by atoms with E-state index in [-0.39, 0.29) is 5.82 Å². The third kappa shape index (κ3) is 1.10. The van der Waals surface area contributed by atoms with E-state index in [2.05, 4.69) is 17.6 Å². The molecule has 1 aliphatic rings. The number of allylic oxidation sites excluding steroid dienone is 1. The lowest BCUT2D eigenvalue weighted by atomic mass is 10.5. The number of nitrogens with zero attached hydrogens (tertiary/aromatic N) is 2. The lowest BCUT2D eigenvalue weighted by Gasteiger charge is -1.88. The summed E-state index contributed by atoms with van der Waals surface area (Å²) in [7, 11) is 0. The zero-order valence-corrected chi connectivity index (χ0v) is 5.34. The SMILES string of the molecule is O=[N+]([O-])C1=C(S)CC=N1. The van der Waals surface area contributed by atoms with E-state index in [0.717, 1.165) is 0 Å². The molecule has 0 saturated heterocycles. The van der Waals surface area contributed by atoms with E-state index in [1.807, 2.05) is 0 Å². The van der Waals surface area contributed by atoms with Gasteiger partial charge >= 0.3 is 5.82 Å². The minimum atomic E-state index is -0.536. The molecule has 1 heterocycles. The molecule has 0 aliphatic carbocycles. The first-order chi connectivity index (χ1) is 4.22. The fourth-order valence-corrected chi connectivity index (χ4v) is 0.758. The second-order valence-corrected chi connectivity index (χ2v) is 2.08. The van der Waals surface area contributed by atoms with Gasteiger partial charge in [0.2, 0.25) is 0 Å². The van der Waals surface area contributed by atoms with Crippen LogP contribution in [0, 0.1) is 10.1 Å². The monoisotopic (exact) mass is 144 g/mol. The summed E-state index contributed by atoms with van der Waals surface area (Å²) >= 11 is 3.84. The summed E-state index contributed by atoms with van der Waals surface area (Å²) in [5, 5.41) is 10.00. The van der Waals surface area contributed by atoms with E-state index in [0.29, 0.717) is 11.3 Å². The molecule has 0 atom stereocenters. The van der Waals surface area contributed by atoms with Crippen molar-refractivity contribution in [3.8, 4) is 0 Å². The highest BCUT2D eigenvalue weighted by Crippen LogP contribution is 2.18. The van der Waals surface area contributed by atoms with Crippen LogP contribution < -0.4 is 0 Å². The average Bonchev–Trinajstić information content (AvgIpc) is 2.13. The zero-order chi connectivity index (χ0) is 6.85. The summed E-state index contributed by atoms with van der Waals surface area (Å²) in [6.45, 7) is 0. The fourth-order valence-electron chi connectivity index (χ4n) is 0.537. The van der Waals surface area contributed by atoms with E-state index >= 15 is 0 Å². The molecule has 5 heteroatoms. The number of rotatable bonds is 1. The number of hydrogen-bond donors (Lipinski definition) is 1. The highest BCUT2D eigenvalue weighted by molar-refractivity contribution is 7.84. The highest BCUT2D eigenvalue weighted by Gasteiger charge is 2.18. The van der Waals surface area contributed by atoms with Gasteiger partial charge in [0.25, 0.3) is 0 Å². The van der Waals surface area contributed by atoms with Crippen LogP contribution in [0.4, 0.5) is 0 Å². The first-order valence-corrected chi connectivity index (χ1v) is 2.75. The number of nitro groups is 1. The third-order valence-corrected chi connectivity index (χ3v) is 1.31. The Labute approximate surface area is 56.8 Å². The summed E-state index contributed by atoms with van der Waals surface area (Å²) in [4.78, 5) is 13.4. The van der Waals surface area contributed by atoms with Gasteiger partial charge in [0.1, 0.15) is 6.21 Å². The Morgan fingerprint density at radius 2 is 2.56 bits per heavy atom. The molecule has 4 nitrogen and oxygen atoms in total. The van der Waals surface area contributed by atoms with Crippen molar-refractivity contribution in [2.45, 2.75) is 6.42 Å². The molecule has 0 aromatic carbocycles. The molecular weight excluding hydrogens is 140 g/mol. The van der Waals surface area contributed by atoms with E-state index in [9.17, 15) is 10.1 Å². The zero-order valence-electron chi connectivity index (χ0n) is 4.44. The quantitative estimate of drug-likeness (QED) is 0.337. The molecule has 0 unspecified atom stereocenters. The Kier molecular flexibility index (Phi) is 1.52. The summed E-state index contributed by atoms with van der Waals surface area (Å²) < 4.78 is 0. The summed E-state index contributed by atoms with van der Waals surface area (Å²) in [6, 6.07) is 0. The van der Waals surface area contributed by atoms with Gasteiger partial charge in [0.15, 0.2) is 0 Å². The predicted octanol–water partition coefficient (Wildman–Crippen LogP) is 0.837. The molecule has 0 bridgehead atoms. The molecule has 1 rings (SSSR count). The summed E-state index contributed by atoms with van der Waals surface area (Å²) in [6.07, 6.45) is 1.96. The smallest absolute Gasteiger partial charge is 0.358 e. The Bertz CT molecular complexity index is 209. The minimum absolute atomic E-state index is 0.127. The lowest BCUT2D eigenvalue weighted by molar-refractivity contribution is -0.425. The molecule has 48 valence electrons. The van der Waals surface area contributed by atoms with Crippen LogP contribution in [0.1, 0.15) is 6.42 Å². The van der Waals surface area contributed by atoms with Gasteiger partial charge in [-0.25, -0.2) is 0 Å². The van der Waals surface area contributed by atoms with Crippen molar-refractivity contribution in [3.63, 3.8) is 0 Å². The maximum absolute atomic E-state index is 10.00. The predicted molar refractivity (Wildman–Crippen MR) is 36.1 cm³/mol. The molecule has 0 amide bonds. The average molecular weight is 144 g/mol. The molecule has 9 heavy (non-hydrogen) atoms. The van der Waals surface area contributed by atoms with Crippen molar-refractivity contribution in [2.24, 2.45) is 4.99 Å². The van der Waals surface area contributed by atoms with Crippen molar-refractivity contribution >= 4 is 18.8 Å². The van der Waals surface area contributed by atoms with Crippen LogP contribution in [0.15, 0.2) is 15.7 Å². The Morgan fingerprint density at radius 1 is 1.89 bits per heavy atom. The molecule has 0 radical (unpaired) electrons. The van der Waals surface area contributed by atoms with Crippen molar-refractivity contribution in [2.75, 3.05) is 0 Å². The van der Waals surface area contributed by atoms with Crippen LogP contribution in [-0.2, 0) is 0 Å². The topological polar surface area (TPSA) is 55.5 Å². The molecule has 0 aromatic rings. The standard InChI is InChI=1S/C4H4N2O2S/c7-6(8)4-3(9)1-2-5-4/h2,9H,1H2. The van der Waals surface area contributed by atoms with Crippen molar-refractivity contribution in [1.82, 2.24) is 0 Å². The number of thiol groups is 1. The van der Waals surface area contributed by atoms with Crippen molar-refractivity contribution < 1.29 is 4.92 Å². The molecule has 0 N–H and O–H groups in total. The molecule has 0 fully saturated rings. The van der Waals surface area contributed by atoms with E-state index < -0.39 is 4.92 Å². The van der Waals surface area contributed by atoms with E-state index in [1.165, 1.54) is 6.21 Å². The normalized spacial score (nSPS) is 17.0. The van der Waals surface area contributed by atoms with Crippen LogP contribution in [0.3, 0.4) is 0 Å². The largest absolute Gasteiger partial charge is 0.372 e. The van der Waals surface area contributed by atoms with Gasteiger partial charge in [-0.2, -0.15) is 0 Å². The van der Waals surface area contributed by atoms with Gasteiger partial charge in [0, 0.05) is 6.42 Å². The first-order valence-electron chi connectivity index (χ1n) is 2.31. The highest BCUT2D eigenvalue weighted by atomic mass is 32.1. The Hall–Kier alpha value is -0.840. The molecule has 0 saturated carbocycles. The summed E-state index contributed by atoms with van der Waals surface area (Å²) in [5.41, 5.74) is 0. The first kappa shape index (κ1) is 6.28. The molecule has 1 aliphatic heterocycles. The van der Waals surface area contributed by atoms with E-state index in [4.69, 9.17) is 0 Å².